The number of hydrogen-bond donors (Lipinski definition) is 1. The lowest BCUT2D eigenvalue weighted by atomic mass is 10.1. The molecule has 0 unspecified atom stereocenters. The van der Waals surface area contributed by atoms with Crippen molar-refractivity contribution in [1.29, 1.82) is 0 Å². The van der Waals surface area contributed by atoms with Crippen LogP contribution in [-0.2, 0) is 6.54 Å². The molecule has 20 heavy (non-hydrogen) atoms. The number of nitrogens with one attached hydrogen (secondary N) is 1. The molecular formula is C15H19FN4. The van der Waals surface area contributed by atoms with Gasteiger partial charge in [-0.1, -0.05) is 12.1 Å². The van der Waals surface area contributed by atoms with Crippen LogP contribution >= 0.6 is 0 Å². The van der Waals surface area contributed by atoms with E-state index in [1.807, 2.05) is 12.4 Å². The van der Waals surface area contributed by atoms with Gasteiger partial charge < -0.3 is 9.88 Å². The fourth-order valence-corrected chi connectivity index (χ4v) is 2.57. The van der Waals surface area contributed by atoms with E-state index in [1.165, 1.54) is 6.07 Å². The molecule has 0 bridgehead atoms. The summed E-state index contributed by atoms with van der Waals surface area (Å²) < 4.78 is 15.4. The third-order valence-corrected chi connectivity index (χ3v) is 3.70. The fraction of sp³-hybridized carbons (Fsp3) is 0.400. The number of hydrogen-bond acceptors (Lipinski definition) is 3. The van der Waals surface area contributed by atoms with Crippen molar-refractivity contribution >= 4 is 0 Å². The first-order chi connectivity index (χ1) is 9.83. The SMILES string of the molecule is Fc1cccc(-c2cncn2CCN2CCNCC2)c1. The molecule has 1 aromatic carbocycles. The molecule has 1 aliphatic heterocycles. The molecule has 4 nitrogen and oxygen atoms in total. The van der Waals surface area contributed by atoms with Gasteiger partial charge >= 0.3 is 0 Å². The van der Waals surface area contributed by atoms with E-state index in [0.29, 0.717) is 0 Å². The lowest BCUT2D eigenvalue weighted by Gasteiger charge is -2.27. The van der Waals surface area contributed by atoms with Crippen LogP contribution in [0.4, 0.5) is 4.39 Å². The molecule has 1 saturated heterocycles. The van der Waals surface area contributed by atoms with E-state index >= 15 is 0 Å². The van der Waals surface area contributed by atoms with Crippen LogP contribution in [0.5, 0.6) is 0 Å². The summed E-state index contributed by atoms with van der Waals surface area (Å²) in [5.41, 5.74) is 1.85. The Labute approximate surface area is 118 Å². The zero-order valence-electron chi connectivity index (χ0n) is 11.4. The van der Waals surface area contributed by atoms with E-state index in [1.54, 1.807) is 18.3 Å². The summed E-state index contributed by atoms with van der Waals surface area (Å²) in [7, 11) is 0. The number of halogens is 1. The minimum Gasteiger partial charge on any atom is -0.329 e. The maximum absolute atomic E-state index is 13.3. The molecule has 3 rings (SSSR count). The van der Waals surface area contributed by atoms with Crippen LogP contribution in [0.2, 0.25) is 0 Å². The monoisotopic (exact) mass is 274 g/mol. The third-order valence-electron chi connectivity index (χ3n) is 3.70. The predicted octanol–water partition coefficient (Wildman–Crippen LogP) is 1.59. The number of piperazine rings is 1. The molecular weight excluding hydrogens is 255 g/mol. The van der Waals surface area contributed by atoms with Gasteiger partial charge in [0.05, 0.1) is 18.2 Å². The van der Waals surface area contributed by atoms with E-state index in [2.05, 4.69) is 19.8 Å². The number of benzene rings is 1. The second-order valence-corrected chi connectivity index (χ2v) is 5.07. The molecule has 0 aliphatic carbocycles. The highest BCUT2D eigenvalue weighted by atomic mass is 19.1. The topological polar surface area (TPSA) is 33.1 Å². The lowest BCUT2D eigenvalue weighted by Crippen LogP contribution is -2.44. The highest BCUT2D eigenvalue weighted by Gasteiger charge is 2.11. The summed E-state index contributed by atoms with van der Waals surface area (Å²) >= 11 is 0. The molecule has 5 heteroatoms. The first-order valence-electron chi connectivity index (χ1n) is 7.02. The predicted molar refractivity (Wildman–Crippen MR) is 76.9 cm³/mol. The molecule has 0 atom stereocenters. The number of aromatic nitrogens is 2. The molecule has 1 aliphatic rings. The Kier molecular flexibility index (Phi) is 4.08. The van der Waals surface area contributed by atoms with Crippen molar-refractivity contribution in [3.63, 3.8) is 0 Å². The Hall–Kier alpha value is -1.72. The van der Waals surface area contributed by atoms with Crippen molar-refractivity contribution in [1.82, 2.24) is 19.8 Å². The van der Waals surface area contributed by atoms with E-state index < -0.39 is 0 Å². The van der Waals surface area contributed by atoms with E-state index in [0.717, 1.165) is 50.5 Å². The van der Waals surface area contributed by atoms with Gasteiger partial charge in [0, 0.05) is 44.8 Å². The first-order valence-corrected chi connectivity index (χ1v) is 7.02. The molecule has 1 fully saturated rings. The Morgan fingerprint density at radius 1 is 1.20 bits per heavy atom. The zero-order chi connectivity index (χ0) is 13.8. The summed E-state index contributed by atoms with van der Waals surface area (Å²) in [4.78, 5) is 6.64. The third kappa shape index (κ3) is 3.05. The highest BCUT2D eigenvalue weighted by molar-refractivity contribution is 5.58. The van der Waals surface area contributed by atoms with Gasteiger partial charge in [-0.25, -0.2) is 9.37 Å². The van der Waals surface area contributed by atoms with Crippen molar-refractivity contribution in [2.45, 2.75) is 6.54 Å². The van der Waals surface area contributed by atoms with Crippen LogP contribution in [0.3, 0.4) is 0 Å². The van der Waals surface area contributed by atoms with Crippen LogP contribution in [0, 0.1) is 5.82 Å². The van der Waals surface area contributed by atoms with Crippen LogP contribution in [0.15, 0.2) is 36.8 Å². The minimum atomic E-state index is -0.211. The molecule has 0 amide bonds. The molecule has 1 N–H and O–H groups in total. The van der Waals surface area contributed by atoms with Gasteiger partial charge in [-0.3, -0.25) is 4.90 Å². The van der Waals surface area contributed by atoms with Crippen molar-refractivity contribution in [2.75, 3.05) is 32.7 Å². The van der Waals surface area contributed by atoms with Crippen molar-refractivity contribution in [2.24, 2.45) is 0 Å². The van der Waals surface area contributed by atoms with Crippen molar-refractivity contribution in [3.05, 3.63) is 42.6 Å². The normalized spacial score (nSPS) is 16.4. The average Bonchev–Trinajstić information content (AvgIpc) is 2.95. The first kappa shape index (κ1) is 13.3. The average molecular weight is 274 g/mol. The Morgan fingerprint density at radius 3 is 2.85 bits per heavy atom. The maximum Gasteiger partial charge on any atom is 0.123 e. The summed E-state index contributed by atoms with van der Waals surface area (Å²) in [5.74, 6) is -0.211. The van der Waals surface area contributed by atoms with E-state index in [4.69, 9.17) is 0 Å². The number of rotatable bonds is 4. The summed E-state index contributed by atoms with van der Waals surface area (Å²) in [5, 5.41) is 3.35. The number of nitrogens with zero attached hydrogens (tertiary/aromatic N) is 3. The Bertz CT molecular complexity index is 561. The van der Waals surface area contributed by atoms with Gasteiger partial charge in [-0.2, -0.15) is 0 Å². The molecule has 2 heterocycles. The second kappa shape index (κ2) is 6.15. The molecule has 0 saturated carbocycles. The molecule has 2 aromatic rings. The molecule has 0 spiro atoms. The fourth-order valence-electron chi connectivity index (χ4n) is 2.57. The van der Waals surface area contributed by atoms with Crippen LogP contribution in [-0.4, -0.2) is 47.2 Å². The van der Waals surface area contributed by atoms with Crippen molar-refractivity contribution in [3.8, 4) is 11.3 Å². The molecule has 106 valence electrons. The summed E-state index contributed by atoms with van der Waals surface area (Å²) in [6, 6.07) is 6.67. The Balaban J connectivity index is 1.70. The van der Waals surface area contributed by atoms with Gasteiger partial charge in [0.15, 0.2) is 0 Å². The Morgan fingerprint density at radius 2 is 2.05 bits per heavy atom. The quantitative estimate of drug-likeness (QED) is 0.919. The van der Waals surface area contributed by atoms with Gasteiger partial charge in [0.2, 0.25) is 0 Å². The minimum absolute atomic E-state index is 0.211. The maximum atomic E-state index is 13.3. The van der Waals surface area contributed by atoms with Gasteiger partial charge in [-0.15, -0.1) is 0 Å². The van der Waals surface area contributed by atoms with Gasteiger partial charge in [-0.05, 0) is 12.1 Å². The smallest absolute Gasteiger partial charge is 0.123 e. The lowest BCUT2D eigenvalue weighted by molar-refractivity contribution is 0.233. The summed E-state index contributed by atoms with van der Waals surface area (Å²) in [6.45, 7) is 6.17. The standard InChI is InChI=1S/C15H19FN4/c16-14-3-1-2-13(10-14)15-11-18-12-20(15)9-8-19-6-4-17-5-7-19/h1-3,10-12,17H,4-9H2. The second-order valence-electron chi connectivity index (χ2n) is 5.07. The van der Waals surface area contributed by atoms with Gasteiger partial charge in [0.1, 0.15) is 5.82 Å². The van der Waals surface area contributed by atoms with Gasteiger partial charge in [0.25, 0.3) is 0 Å². The van der Waals surface area contributed by atoms with E-state index in [9.17, 15) is 4.39 Å². The number of imidazole rings is 1. The zero-order valence-corrected chi connectivity index (χ0v) is 11.4. The largest absolute Gasteiger partial charge is 0.329 e. The van der Waals surface area contributed by atoms with Crippen molar-refractivity contribution < 1.29 is 4.39 Å². The van der Waals surface area contributed by atoms with Crippen LogP contribution < -0.4 is 5.32 Å². The van der Waals surface area contributed by atoms with E-state index in [-0.39, 0.29) is 5.82 Å². The van der Waals surface area contributed by atoms with Crippen LogP contribution in [0.1, 0.15) is 0 Å². The molecule has 0 radical (unpaired) electrons. The molecule has 1 aromatic heterocycles. The highest BCUT2D eigenvalue weighted by Crippen LogP contribution is 2.19. The summed E-state index contributed by atoms with van der Waals surface area (Å²) in [6.07, 6.45) is 3.62. The van der Waals surface area contributed by atoms with Crippen LogP contribution in [0.25, 0.3) is 11.3 Å².